The summed E-state index contributed by atoms with van der Waals surface area (Å²) in [5, 5.41) is 6.04. The molecule has 2 N–H and O–H groups in total. The largest absolute Gasteiger partial charge is 0.491 e. The Morgan fingerprint density at radius 2 is 1.73 bits per heavy atom. The molecule has 6 heteroatoms. The Kier molecular flexibility index (Phi) is 8.83. The van der Waals surface area contributed by atoms with Gasteiger partial charge in [0.1, 0.15) is 5.75 Å². The molecule has 3 amide bonds. The Morgan fingerprint density at radius 1 is 1.00 bits per heavy atom. The number of aryl methyl sites for hydroxylation is 1. The highest BCUT2D eigenvalue weighted by Gasteiger charge is 2.25. The van der Waals surface area contributed by atoms with E-state index in [1.165, 1.54) is 5.56 Å². The van der Waals surface area contributed by atoms with Crippen LogP contribution < -0.4 is 15.4 Å². The van der Waals surface area contributed by atoms with Gasteiger partial charge in [0.15, 0.2) is 0 Å². The first kappa shape index (κ1) is 26.3. The van der Waals surface area contributed by atoms with Crippen LogP contribution in [-0.4, -0.2) is 36.0 Å². The average molecular weight is 500 g/mol. The number of nitrogens with one attached hydrogen (secondary N) is 2. The topological polar surface area (TPSA) is 70.7 Å². The Bertz CT molecular complexity index is 1190. The molecule has 194 valence electrons. The zero-order valence-electron chi connectivity index (χ0n) is 22.0. The van der Waals surface area contributed by atoms with Gasteiger partial charge in [0, 0.05) is 36.8 Å². The van der Waals surface area contributed by atoms with Gasteiger partial charge in [-0.15, -0.1) is 0 Å². The van der Waals surface area contributed by atoms with Gasteiger partial charge < -0.3 is 20.3 Å². The minimum absolute atomic E-state index is 0.0762. The van der Waals surface area contributed by atoms with Gasteiger partial charge in [0.2, 0.25) is 0 Å². The molecule has 1 aliphatic heterocycles. The molecule has 1 saturated heterocycles. The van der Waals surface area contributed by atoms with Gasteiger partial charge in [-0.05, 0) is 86.2 Å². The number of benzene rings is 3. The third kappa shape index (κ3) is 7.35. The maximum Gasteiger partial charge on any atom is 0.321 e. The molecular formula is C31H37N3O3. The fraction of sp³-hybridized carbons (Fsp3) is 0.355. The van der Waals surface area contributed by atoms with E-state index in [4.69, 9.17) is 4.74 Å². The Labute approximate surface area is 220 Å². The van der Waals surface area contributed by atoms with Crippen LogP contribution in [0.25, 0.3) is 0 Å². The molecule has 0 aliphatic carbocycles. The van der Waals surface area contributed by atoms with Crippen molar-refractivity contribution in [2.24, 2.45) is 0 Å². The van der Waals surface area contributed by atoms with Crippen molar-refractivity contribution in [1.29, 1.82) is 0 Å². The minimum Gasteiger partial charge on any atom is -0.491 e. The second-order valence-electron chi connectivity index (χ2n) is 9.88. The molecule has 0 aromatic heterocycles. The molecule has 4 rings (SSSR count). The van der Waals surface area contributed by atoms with Crippen LogP contribution in [0.4, 0.5) is 10.5 Å². The smallest absolute Gasteiger partial charge is 0.321 e. The summed E-state index contributed by atoms with van der Waals surface area (Å²) in [5.41, 5.74) is 4.79. The van der Waals surface area contributed by atoms with Gasteiger partial charge in [-0.3, -0.25) is 4.79 Å². The van der Waals surface area contributed by atoms with E-state index in [0.717, 1.165) is 48.4 Å². The van der Waals surface area contributed by atoms with Crippen molar-refractivity contribution in [3.05, 3.63) is 95.1 Å². The van der Waals surface area contributed by atoms with E-state index in [1.54, 1.807) is 0 Å². The number of piperidine rings is 1. The third-order valence-corrected chi connectivity index (χ3v) is 6.69. The molecule has 1 aliphatic rings. The molecule has 1 unspecified atom stereocenters. The van der Waals surface area contributed by atoms with Gasteiger partial charge in [0.05, 0.1) is 6.10 Å². The number of nitrogens with zero attached hydrogens (tertiary/aromatic N) is 1. The van der Waals surface area contributed by atoms with Crippen LogP contribution in [0, 0.1) is 0 Å². The molecule has 6 nitrogen and oxygen atoms in total. The van der Waals surface area contributed by atoms with E-state index < -0.39 is 0 Å². The van der Waals surface area contributed by atoms with Gasteiger partial charge in [0.25, 0.3) is 5.91 Å². The Morgan fingerprint density at radius 3 is 2.43 bits per heavy atom. The quantitative estimate of drug-likeness (QED) is 0.378. The van der Waals surface area contributed by atoms with Crippen molar-refractivity contribution >= 4 is 17.6 Å². The molecule has 1 fully saturated rings. The van der Waals surface area contributed by atoms with Crippen LogP contribution in [0.2, 0.25) is 0 Å². The van der Waals surface area contributed by atoms with Crippen molar-refractivity contribution in [1.82, 2.24) is 10.2 Å². The number of amides is 3. The van der Waals surface area contributed by atoms with Crippen LogP contribution >= 0.6 is 0 Å². The summed E-state index contributed by atoms with van der Waals surface area (Å²) in [6.07, 6.45) is 3.02. The van der Waals surface area contributed by atoms with Crippen molar-refractivity contribution < 1.29 is 14.3 Å². The SMILES string of the molecule is CCc1ccc(NC(=O)N2CCCC(c3cccc(C(=O)NCc4ccc(OC(C)C)cc4)c3)C2)cc1. The first-order valence-electron chi connectivity index (χ1n) is 13.2. The van der Waals surface area contributed by atoms with Crippen LogP contribution in [-0.2, 0) is 13.0 Å². The normalized spacial score (nSPS) is 15.4. The number of hydrogen-bond donors (Lipinski definition) is 2. The van der Waals surface area contributed by atoms with E-state index >= 15 is 0 Å². The third-order valence-electron chi connectivity index (χ3n) is 6.69. The summed E-state index contributed by atoms with van der Waals surface area (Å²) in [6.45, 7) is 7.91. The lowest BCUT2D eigenvalue weighted by Crippen LogP contribution is -2.41. The number of urea groups is 1. The van der Waals surface area contributed by atoms with Crippen molar-refractivity contribution in [2.45, 2.75) is 58.6 Å². The second-order valence-corrected chi connectivity index (χ2v) is 9.88. The monoisotopic (exact) mass is 499 g/mol. The van der Waals surface area contributed by atoms with Crippen LogP contribution in [0.15, 0.2) is 72.8 Å². The maximum atomic E-state index is 12.9. The first-order valence-corrected chi connectivity index (χ1v) is 13.2. The average Bonchev–Trinajstić information content (AvgIpc) is 2.92. The summed E-state index contributed by atoms with van der Waals surface area (Å²) in [6, 6.07) is 23.5. The zero-order valence-corrected chi connectivity index (χ0v) is 22.0. The standard InChI is InChI=1S/C31H37N3O3/c1-4-23-10-14-28(15-11-23)33-31(36)34-18-6-9-27(21-34)25-7-5-8-26(19-25)30(35)32-20-24-12-16-29(17-13-24)37-22(2)3/h5,7-8,10-17,19,22,27H,4,6,9,18,20-21H2,1-3H3,(H,32,35)(H,33,36). The van der Waals surface area contributed by atoms with Crippen molar-refractivity contribution in [3.63, 3.8) is 0 Å². The van der Waals surface area contributed by atoms with E-state index in [1.807, 2.05) is 85.5 Å². The molecule has 37 heavy (non-hydrogen) atoms. The van der Waals surface area contributed by atoms with Crippen LogP contribution in [0.3, 0.4) is 0 Å². The summed E-state index contributed by atoms with van der Waals surface area (Å²) >= 11 is 0. The van der Waals surface area contributed by atoms with Crippen molar-refractivity contribution in [3.8, 4) is 5.75 Å². The zero-order chi connectivity index (χ0) is 26.2. The van der Waals surface area contributed by atoms with Crippen LogP contribution in [0.1, 0.15) is 66.6 Å². The number of ether oxygens (including phenoxy) is 1. The number of likely N-dealkylation sites (tertiary alicyclic amines) is 1. The number of carbonyl (C=O) groups is 2. The summed E-state index contributed by atoms with van der Waals surface area (Å²) < 4.78 is 5.68. The van der Waals surface area contributed by atoms with Gasteiger partial charge in [-0.1, -0.05) is 43.3 Å². The molecule has 3 aromatic rings. The van der Waals surface area contributed by atoms with Crippen LogP contribution in [0.5, 0.6) is 5.75 Å². The minimum atomic E-state index is -0.106. The molecule has 1 heterocycles. The van der Waals surface area contributed by atoms with E-state index in [9.17, 15) is 9.59 Å². The molecular weight excluding hydrogens is 462 g/mol. The lowest BCUT2D eigenvalue weighted by molar-refractivity contribution is 0.0950. The second kappa shape index (κ2) is 12.4. The maximum absolute atomic E-state index is 12.9. The van der Waals surface area contributed by atoms with Gasteiger partial charge in [-0.25, -0.2) is 4.79 Å². The fourth-order valence-electron chi connectivity index (χ4n) is 4.64. The fourth-order valence-corrected chi connectivity index (χ4v) is 4.64. The van der Waals surface area contributed by atoms with Crippen molar-refractivity contribution in [2.75, 3.05) is 18.4 Å². The molecule has 0 radical (unpaired) electrons. The molecule has 1 atom stereocenters. The first-order chi connectivity index (χ1) is 17.9. The lowest BCUT2D eigenvalue weighted by atomic mass is 9.89. The predicted octanol–water partition coefficient (Wildman–Crippen LogP) is 6.38. The van der Waals surface area contributed by atoms with E-state index in [0.29, 0.717) is 18.7 Å². The molecule has 0 spiro atoms. The van der Waals surface area contributed by atoms with Gasteiger partial charge in [-0.2, -0.15) is 0 Å². The lowest BCUT2D eigenvalue weighted by Gasteiger charge is -2.33. The predicted molar refractivity (Wildman–Crippen MR) is 148 cm³/mol. The van der Waals surface area contributed by atoms with E-state index in [-0.39, 0.29) is 24.0 Å². The van der Waals surface area contributed by atoms with Gasteiger partial charge >= 0.3 is 6.03 Å². The highest BCUT2D eigenvalue weighted by molar-refractivity contribution is 5.94. The highest BCUT2D eigenvalue weighted by Crippen LogP contribution is 2.28. The summed E-state index contributed by atoms with van der Waals surface area (Å²) in [7, 11) is 0. The van der Waals surface area contributed by atoms with E-state index in [2.05, 4.69) is 23.6 Å². The summed E-state index contributed by atoms with van der Waals surface area (Å²) in [5.74, 6) is 0.913. The number of rotatable bonds is 8. The highest BCUT2D eigenvalue weighted by atomic mass is 16.5. The summed E-state index contributed by atoms with van der Waals surface area (Å²) in [4.78, 5) is 27.7. The number of anilines is 1. The Hall–Kier alpha value is -3.80. The molecule has 0 bridgehead atoms. The number of hydrogen-bond acceptors (Lipinski definition) is 3. The number of carbonyl (C=O) groups excluding carboxylic acids is 2. The molecule has 3 aromatic carbocycles. The molecule has 0 saturated carbocycles. The Balaban J connectivity index is 1.33.